The molecule has 1 unspecified atom stereocenters. The Morgan fingerprint density at radius 3 is 2.85 bits per heavy atom. The van der Waals surface area contributed by atoms with Crippen molar-refractivity contribution in [2.45, 2.75) is 20.0 Å². The highest BCUT2D eigenvalue weighted by Crippen LogP contribution is 2.23. The van der Waals surface area contributed by atoms with Gasteiger partial charge in [0.1, 0.15) is 11.4 Å². The molecule has 5 heteroatoms. The molecule has 1 heterocycles. The first-order chi connectivity index (χ1) is 9.56. The molecule has 0 aliphatic rings. The SMILES string of the molecule is Cc1cc(Cl)ccc1OC(C)C(=O)Nc1ccc[nH+]c1. The molecule has 2 rings (SSSR count). The zero-order valence-corrected chi connectivity index (χ0v) is 12.1. The molecule has 0 saturated heterocycles. The van der Waals surface area contributed by atoms with E-state index in [1.807, 2.05) is 13.0 Å². The molecule has 0 aliphatic heterocycles. The molecule has 0 saturated carbocycles. The van der Waals surface area contributed by atoms with E-state index in [2.05, 4.69) is 10.3 Å². The van der Waals surface area contributed by atoms with Crippen LogP contribution in [0.5, 0.6) is 5.75 Å². The van der Waals surface area contributed by atoms with Crippen LogP contribution in [0, 0.1) is 6.92 Å². The lowest BCUT2D eigenvalue weighted by Crippen LogP contribution is -2.30. The van der Waals surface area contributed by atoms with Gasteiger partial charge in [-0.25, -0.2) is 4.98 Å². The minimum atomic E-state index is -0.602. The van der Waals surface area contributed by atoms with Gasteiger partial charge in [0.2, 0.25) is 0 Å². The third-order valence-electron chi connectivity index (χ3n) is 2.78. The van der Waals surface area contributed by atoms with Crippen molar-refractivity contribution in [2.24, 2.45) is 0 Å². The number of aromatic nitrogens is 1. The third kappa shape index (κ3) is 3.71. The summed E-state index contributed by atoms with van der Waals surface area (Å²) >= 11 is 5.89. The van der Waals surface area contributed by atoms with Crippen molar-refractivity contribution < 1.29 is 14.5 Å². The van der Waals surface area contributed by atoms with Crippen LogP contribution in [-0.4, -0.2) is 12.0 Å². The number of halogens is 1. The molecule has 0 spiro atoms. The molecule has 0 bridgehead atoms. The number of aromatic amines is 1. The Kier molecular flexibility index (Phi) is 4.58. The van der Waals surface area contributed by atoms with E-state index in [9.17, 15) is 4.79 Å². The van der Waals surface area contributed by atoms with Crippen molar-refractivity contribution in [3.05, 3.63) is 53.3 Å². The van der Waals surface area contributed by atoms with Crippen LogP contribution in [0.2, 0.25) is 5.02 Å². The van der Waals surface area contributed by atoms with Crippen molar-refractivity contribution in [1.82, 2.24) is 0 Å². The lowest BCUT2D eigenvalue weighted by atomic mass is 10.2. The van der Waals surface area contributed by atoms with Crippen LogP contribution in [0.4, 0.5) is 5.69 Å². The Bertz CT molecular complexity index is 602. The molecule has 4 nitrogen and oxygen atoms in total. The standard InChI is InChI=1S/C15H15ClN2O2/c1-10-8-12(16)5-6-14(10)20-11(2)15(19)18-13-4-3-7-17-9-13/h3-9,11H,1-2H3,(H,18,19)/p+1. The normalized spacial score (nSPS) is 11.8. The maximum absolute atomic E-state index is 12.0. The first-order valence-corrected chi connectivity index (χ1v) is 6.64. The monoisotopic (exact) mass is 291 g/mol. The second-order valence-corrected chi connectivity index (χ2v) is 4.89. The summed E-state index contributed by atoms with van der Waals surface area (Å²) in [6, 6.07) is 8.91. The Labute approximate surface area is 122 Å². The first kappa shape index (κ1) is 14.3. The van der Waals surface area contributed by atoms with Crippen molar-refractivity contribution in [1.29, 1.82) is 0 Å². The molecule has 0 aliphatic carbocycles. The van der Waals surface area contributed by atoms with Crippen LogP contribution in [0.25, 0.3) is 0 Å². The van der Waals surface area contributed by atoms with Gasteiger partial charge >= 0.3 is 0 Å². The van der Waals surface area contributed by atoms with Crippen LogP contribution in [0.3, 0.4) is 0 Å². The highest BCUT2D eigenvalue weighted by atomic mass is 35.5. The number of nitrogens with one attached hydrogen (secondary N) is 2. The zero-order valence-electron chi connectivity index (χ0n) is 11.3. The number of rotatable bonds is 4. The Hall–Kier alpha value is -2.07. The second-order valence-electron chi connectivity index (χ2n) is 4.45. The zero-order chi connectivity index (χ0) is 14.5. The molecular weight excluding hydrogens is 276 g/mol. The van der Waals surface area contributed by atoms with Gasteiger partial charge in [-0.05, 0) is 43.7 Å². The number of pyridine rings is 1. The minimum Gasteiger partial charge on any atom is -0.481 e. The van der Waals surface area contributed by atoms with Gasteiger partial charge in [-0.2, -0.15) is 0 Å². The number of benzene rings is 1. The lowest BCUT2D eigenvalue weighted by Gasteiger charge is -2.15. The topological polar surface area (TPSA) is 52.5 Å². The number of hydrogen-bond acceptors (Lipinski definition) is 2. The van der Waals surface area contributed by atoms with E-state index in [1.54, 1.807) is 43.6 Å². The fraction of sp³-hybridized carbons (Fsp3) is 0.200. The summed E-state index contributed by atoms with van der Waals surface area (Å²) in [5, 5.41) is 3.42. The predicted molar refractivity (Wildman–Crippen MR) is 77.9 cm³/mol. The molecule has 20 heavy (non-hydrogen) atoms. The minimum absolute atomic E-state index is 0.209. The largest absolute Gasteiger partial charge is 0.481 e. The second kappa shape index (κ2) is 6.39. The van der Waals surface area contributed by atoms with Crippen molar-refractivity contribution in [3.8, 4) is 5.75 Å². The van der Waals surface area contributed by atoms with Crippen molar-refractivity contribution in [2.75, 3.05) is 5.32 Å². The van der Waals surface area contributed by atoms with E-state index in [1.165, 1.54) is 0 Å². The van der Waals surface area contributed by atoms with E-state index in [-0.39, 0.29) is 5.91 Å². The molecule has 2 aromatic rings. The first-order valence-electron chi connectivity index (χ1n) is 6.26. The molecule has 0 fully saturated rings. The molecule has 1 atom stereocenters. The third-order valence-corrected chi connectivity index (χ3v) is 3.02. The summed E-state index contributed by atoms with van der Waals surface area (Å²) < 4.78 is 5.65. The van der Waals surface area contributed by atoms with Gasteiger partial charge < -0.3 is 10.1 Å². The van der Waals surface area contributed by atoms with Gasteiger partial charge in [0.05, 0.1) is 0 Å². The van der Waals surface area contributed by atoms with E-state index in [4.69, 9.17) is 16.3 Å². The van der Waals surface area contributed by atoms with Gasteiger partial charge in [-0.15, -0.1) is 0 Å². The summed E-state index contributed by atoms with van der Waals surface area (Å²) in [5.41, 5.74) is 1.59. The summed E-state index contributed by atoms with van der Waals surface area (Å²) in [6.07, 6.45) is 2.88. The van der Waals surface area contributed by atoms with Gasteiger partial charge in [0, 0.05) is 11.1 Å². The van der Waals surface area contributed by atoms with Crippen LogP contribution in [-0.2, 0) is 4.79 Å². The Balaban J connectivity index is 2.00. The molecule has 1 aromatic carbocycles. The maximum Gasteiger partial charge on any atom is 0.265 e. The highest BCUT2D eigenvalue weighted by Gasteiger charge is 2.16. The van der Waals surface area contributed by atoms with Crippen LogP contribution in [0.1, 0.15) is 12.5 Å². The average Bonchev–Trinajstić information content (AvgIpc) is 2.43. The molecular formula is C15H16ClN2O2+. The number of amides is 1. The highest BCUT2D eigenvalue weighted by molar-refractivity contribution is 6.30. The number of hydrogen-bond donors (Lipinski definition) is 1. The molecule has 2 N–H and O–H groups in total. The number of anilines is 1. The Morgan fingerprint density at radius 2 is 2.20 bits per heavy atom. The van der Waals surface area contributed by atoms with Gasteiger partial charge in [-0.1, -0.05) is 11.6 Å². The molecule has 0 radical (unpaired) electrons. The van der Waals surface area contributed by atoms with Crippen LogP contribution >= 0.6 is 11.6 Å². The number of carbonyl (C=O) groups excluding carboxylic acids is 1. The van der Waals surface area contributed by atoms with E-state index >= 15 is 0 Å². The van der Waals surface area contributed by atoms with Crippen LogP contribution in [0.15, 0.2) is 42.7 Å². The van der Waals surface area contributed by atoms with E-state index in [0.29, 0.717) is 16.5 Å². The fourth-order valence-electron chi connectivity index (χ4n) is 1.70. The quantitative estimate of drug-likeness (QED) is 0.942. The lowest BCUT2D eigenvalue weighted by molar-refractivity contribution is -0.377. The number of carbonyl (C=O) groups is 1. The number of aryl methyl sites for hydroxylation is 1. The summed E-state index contributed by atoms with van der Waals surface area (Å²) in [6.45, 7) is 3.59. The van der Waals surface area contributed by atoms with Gasteiger partial charge in [0.15, 0.2) is 18.5 Å². The predicted octanol–water partition coefficient (Wildman–Crippen LogP) is 2.87. The van der Waals surface area contributed by atoms with E-state index < -0.39 is 6.10 Å². The fourth-order valence-corrected chi connectivity index (χ4v) is 1.93. The maximum atomic E-state index is 12.0. The Morgan fingerprint density at radius 1 is 1.40 bits per heavy atom. The van der Waals surface area contributed by atoms with Gasteiger partial charge in [0.25, 0.3) is 5.91 Å². The average molecular weight is 292 g/mol. The summed E-state index contributed by atoms with van der Waals surface area (Å²) in [5.74, 6) is 0.440. The van der Waals surface area contributed by atoms with Crippen LogP contribution < -0.4 is 15.0 Å². The van der Waals surface area contributed by atoms with Crippen molar-refractivity contribution in [3.63, 3.8) is 0 Å². The number of H-pyrrole nitrogens is 1. The van der Waals surface area contributed by atoms with Gasteiger partial charge in [-0.3, -0.25) is 4.79 Å². The summed E-state index contributed by atoms with van der Waals surface area (Å²) in [7, 11) is 0. The molecule has 1 aromatic heterocycles. The smallest absolute Gasteiger partial charge is 0.265 e. The molecule has 1 amide bonds. The van der Waals surface area contributed by atoms with E-state index in [0.717, 1.165) is 5.56 Å². The number of ether oxygens (including phenoxy) is 1. The molecule has 104 valence electrons. The summed E-state index contributed by atoms with van der Waals surface area (Å²) in [4.78, 5) is 14.9. The van der Waals surface area contributed by atoms with Crippen molar-refractivity contribution >= 4 is 23.2 Å².